The van der Waals surface area contributed by atoms with Crippen molar-refractivity contribution in [1.82, 2.24) is 4.90 Å². The lowest BCUT2D eigenvalue weighted by atomic mass is 9.83. The quantitative estimate of drug-likeness (QED) is 0.843. The molecule has 156 valence electrons. The fraction of sp³-hybridized carbons (Fsp3) is 0.609. The van der Waals surface area contributed by atoms with E-state index in [1.54, 1.807) is 0 Å². The van der Waals surface area contributed by atoms with Crippen LogP contribution in [0.4, 0.5) is 16.2 Å². The van der Waals surface area contributed by atoms with Crippen molar-refractivity contribution in [2.45, 2.75) is 32.1 Å². The Hall–Kier alpha value is -2.21. The summed E-state index contributed by atoms with van der Waals surface area (Å²) in [5.74, 6) is 0. The summed E-state index contributed by atoms with van der Waals surface area (Å²) in [7, 11) is 0. The summed E-state index contributed by atoms with van der Waals surface area (Å²) in [6.07, 6.45) is 8.17. The Bertz CT molecular complexity index is 804. The lowest BCUT2D eigenvalue weighted by Gasteiger charge is -2.37. The standard InChI is InChI=1S/C23H31N3O3/c27-22(28)26-11-9-25(10-12-26)21-2-1-19(24-13-15-29-16-14-24)17-20(21)18-3-5-23(6-4-18)7-8-23/h1-3,17H,4-16H2,(H,27,28). The minimum Gasteiger partial charge on any atom is -0.465 e. The van der Waals surface area contributed by atoms with Crippen LogP contribution in [0, 0.1) is 5.41 Å². The summed E-state index contributed by atoms with van der Waals surface area (Å²) in [4.78, 5) is 17.6. The minimum absolute atomic E-state index is 0.572. The highest BCUT2D eigenvalue weighted by Gasteiger charge is 2.43. The zero-order chi connectivity index (χ0) is 19.8. The summed E-state index contributed by atoms with van der Waals surface area (Å²) in [6, 6.07) is 6.87. The van der Waals surface area contributed by atoms with Crippen molar-refractivity contribution in [2.75, 3.05) is 62.3 Å². The second-order valence-corrected chi connectivity index (χ2v) is 8.99. The molecule has 0 aromatic heterocycles. The first kappa shape index (κ1) is 18.8. The molecule has 0 bridgehead atoms. The number of rotatable bonds is 3. The summed E-state index contributed by atoms with van der Waals surface area (Å²) in [5, 5.41) is 9.27. The van der Waals surface area contributed by atoms with E-state index in [9.17, 15) is 9.90 Å². The number of carbonyl (C=O) groups is 1. The van der Waals surface area contributed by atoms with E-state index in [0.29, 0.717) is 18.5 Å². The third-order valence-electron chi connectivity index (χ3n) is 7.26. The number of piperazine rings is 1. The molecule has 2 saturated heterocycles. The van der Waals surface area contributed by atoms with Gasteiger partial charge in [-0.3, -0.25) is 0 Å². The molecule has 0 atom stereocenters. The maximum Gasteiger partial charge on any atom is 0.407 e. The fourth-order valence-electron chi connectivity index (χ4n) is 5.03. The van der Waals surface area contributed by atoms with Crippen molar-refractivity contribution in [3.8, 4) is 0 Å². The average molecular weight is 398 g/mol. The predicted octanol–water partition coefficient (Wildman–Crippen LogP) is 3.67. The Balaban J connectivity index is 1.43. The van der Waals surface area contributed by atoms with Crippen molar-refractivity contribution < 1.29 is 14.6 Å². The second kappa shape index (κ2) is 7.56. The van der Waals surface area contributed by atoms with Crippen LogP contribution < -0.4 is 9.80 Å². The van der Waals surface area contributed by atoms with Crippen molar-refractivity contribution in [1.29, 1.82) is 0 Å². The molecule has 6 heteroatoms. The average Bonchev–Trinajstić information content (AvgIpc) is 3.53. The van der Waals surface area contributed by atoms with Gasteiger partial charge in [0.15, 0.2) is 0 Å². The number of amides is 1. The van der Waals surface area contributed by atoms with E-state index in [1.807, 2.05) is 0 Å². The summed E-state index contributed by atoms with van der Waals surface area (Å²) in [5.41, 5.74) is 6.01. The first-order valence-corrected chi connectivity index (χ1v) is 11.0. The second-order valence-electron chi connectivity index (χ2n) is 8.99. The number of ether oxygens (including phenoxy) is 1. The molecule has 0 radical (unpaired) electrons. The molecule has 6 nitrogen and oxygen atoms in total. The van der Waals surface area contributed by atoms with Crippen molar-refractivity contribution in [2.24, 2.45) is 5.41 Å². The Morgan fingerprint density at radius 3 is 2.34 bits per heavy atom. The van der Waals surface area contributed by atoms with Gasteiger partial charge >= 0.3 is 6.09 Å². The third kappa shape index (κ3) is 3.82. The number of carboxylic acid groups (broad SMARTS) is 1. The molecule has 1 aromatic carbocycles. The van der Waals surface area contributed by atoms with E-state index in [1.165, 1.54) is 53.1 Å². The number of hydrogen-bond donors (Lipinski definition) is 1. The first-order chi connectivity index (χ1) is 14.1. The van der Waals surface area contributed by atoms with Crippen LogP contribution in [-0.4, -0.2) is 68.6 Å². The van der Waals surface area contributed by atoms with Gasteiger partial charge in [-0.05, 0) is 61.3 Å². The van der Waals surface area contributed by atoms with Gasteiger partial charge in [-0.25, -0.2) is 4.79 Å². The van der Waals surface area contributed by atoms with Crippen LogP contribution in [-0.2, 0) is 4.74 Å². The van der Waals surface area contributed by atoms with Gasteiger partial charge in [0.25, 0.3) is 0 Å². The molecule has 29 heavy (non-hydrogen) atoms. The molecule has 1 amide bonds. The monoisotopic (exact) mass is 397 g/mol. The van der Waals surface area contributed by atoms with Crippen LogP contribution in [0.5, 0.6) is 0 Å². The summed E-state index contributed by atoms with van der Waals surface area (Å²) < 4.78 is 5.53. The molecule has 4 aliphatic rings. The highest BCUT2D eigenvalue weighted by molar-refractivity contribution is 5.81. The van der Waals surface area contributed by atoms with E-state index >= 15 is 0 Å². The van der Waals surface area contributed by atoms with E-state index in [4.69, 9.17) is 4.74 Å². The highest BCUT2D eigenvalue weighted by Crippen LogP contribution is 2.57. The van der Waals surface area contributed by atoms with Gasteiger partial charge in [-0.15, -0.1) is 0 Å². The third-order valence-corrected chi connectivity index (χ3v) is 7.26. The molecule has 2 aliphatic carbocycles. The number of benzene rings is 1. The normalized spacial score (nSPS) is 23.9. The van der Waals surface area contributed by atoms with Gasteiger partial charge in [-0.2, -0.15) is 0 Å². The van der Waals surface area contributed by atoms with Crippen molar-refractivity contribution in [3.63, 3.8) is 0 Å². The lowest BCUT2D eigenvalue weighted by Crippen LogP contribution is -2.48. The van der Waals surface area contributed by atoms with Crippen LogP contribution >= 0.6 is 0 Å². The maximum atomic E-state index is 11.3. The maximum absolute atomic E-state index is 11.3. The van der Waals surface area contributed by atoms with Crippen LogP contribution in [0.15, 0.2) is 24.3 Å². The highest BCUT2D eigenvalue weighted by atomic mass is 16.5. The Morgan fingerprint density at radius 1 is 0.966 bits per heavy atom. The van der Waals surface area contributed by atoms with E-state index in [-0.39, 0.29) is 0 Å². The van der Waals surface area contributed by atoms with Gasteiger partial charge in [-0.1, -0.05) is 6.08 Å². The summed E-state index contributed by atoms with van der Waals surface area (Å²) >= 11 is 0. The Morgan fingerprint density at radius 2 is 1.72 bits per heavy atom. The zero-order valence-corrected chi connectivity index (χ0v) is 17.1. The Labute approximate surface area is 172 Å². The van der Waals surface area contributed by atoms with Gasteiger partial charge in [0.1, 0.15) is 0 Å². The van der Waals surface area contributed by atoms with Gasteiger partial charge in [0.2, 0.25) is 0 Å². The molecule has 3 fully saturated rings. The summed E-state index contributed by atoms with van der Waals surface area (Å²) in [6.45, 7) is 6.13. The van der Waals surface area contributed by atoms with Gasteiger partial charge in [0, 0.05) is 56.2 Å². The SMILES string of the molecule is O=C(O)N1CCN(c2ccc(N3CCOCC3)cc2C2=CCC3(CC2)CC3)CC1. The number of anilines is 2. The number of allylic oxidation sites excluding steroid dienone is 2. The van der Waals surface area contributed by atoms with Gasteiger partial charge < -0.3 is 24.5 Å². The molecular formula is C23H31N3O3. The van der Waals surface area contributed by atoms with Crippen LogP contribution in [0.3, 0.4) is 0 Å². The molecule has 5 rings (SSSR count). The lowest BCUT2D eigenvalue weighted by molar-refractivity contribution is 0.122. The number of morpholine rings is 1. The van der Waals surface area contributed by atoms with E-state index < -0.39 is 6.09 Å². The smallest absolute Gasteiger partial charge is 0.407 e. The van der Waals surface area contributed by atoms with E-state index in [2.05, 4.69) is 34.1 Å². The van der Waals surface area contributed by atoms with Crippen molar-refractivity contribution in [3.05, 3.63) is 29.8 Å². The molecule has 1 spiro atoms. The van der Waals surface area contributed by atoms with Crippen LogP contribution in [0.25, 0.3) is 5.57 Å². The largest absolute Gasteiger partial charge is 0.465 e. The van der Waals surface area contributed by atoms with Crippen LogP contribution in [0.1, 0.15) is 37.7 Å². The molecule has 1 aromatic rings. The first-order valence-electron chi connectivity index (χ1n) is 11.0. The van der Waals surface area contributed by atoms with E-state index in [0.717, 1.165) is 45.8 Å². The predicted molar refractivity (Wildman–Crippen MR) is 115 cm³/mol. The molecule has 2 heterocycles. The molecular weight excluding hydrogens is 366 g/mol. The van der Waals surface area contributed by atoms with Gasteiger partial charge in [0.05, 0.1) is 13.2 Å². The minimum atomic E-state index is -0.808. The number of nitrogens with zero attached hydrogens (tertiary/aromatic N) is 3. The fourth-order valence-corrected chi connectivity index (χ4v) is 5.03. The zero-order valence-electron chi connectivity index (χ0n) is 17.1. The molecule has 1 N–H and O–H groups in total. The van der Waals surface area contributed by atoms with Crippen LogP contribution in [0.2, 0.25) is 0 Å². The molecule has 1 saturated carbocycles. The van der Waals surface area contributed by atoms with Crippen molar-refractivity contribution >= 4 is 23.0 Å². The number of hydrogen-bond acceptors (Lipinski definition) is 4. The molecule has 2 aliphatic heterocycles. The topological polar surface area (TPSA) is 56.2 Å². The Kier molecular flexibility index (Phi) is 4.90. The molecule has 0 unspecified atom stereocenters.